The van der Waals surface area contributed by atoms with E-state index < -0.39 is 0 Å². The summed E-state index contributed by atoms with van der Waals surface area (Å²) in [6.07, 6.45) is 3.50. The number of rotatable bonds is 4. The molecule has 1 atom stereocenters. The normalized spacial score (nSPS) is 17.6. The number of fused-ring (bicyclic) bond motifs is 1. The number of carbonyl (C=O) groups excluding carboxylic acids is 1. The summed E-state index contributed by atoms with van der Waals surface area (Å²) >= 11 is 0. The number of nitrogens with zero attached hydrogens (tertiary/aromatic N) is 4. The zero-order chi connectivity index (χ0) is 18.1. The molecule has 2 aromatic heterocycles. The fourth-order valence-electron chi connectivity index (χ4n) is 3.25. The number of aromatic amines is 1. The molecule has 3 aromatic rings. The molecular weight excluding hydrogens is 332 g/mol. The first kappa shape index (κ1) is 16.5. The van der Waals surface area contributed by atoms with E-state index in [-0.39, 0.29) is 23.9 Å². The highest BCUT2D eigenvalue weighted by atomic mass is 16.1. The Morgan fingerprint density at radius 3 is 2.88 bits per heavy atom. The molecule has 1 fully saturated rings. The number of aromatic nitrogens is 4. The summed E-state index contributed by atoms with van der Waals surface area (Å²) in [4.78, 5) is 34.6. The fraction of sp³-hybridized carbons (Fsp3) is 0.333. The quantitative estimate of drug-likeness (QED) is 0.676. The summed E-state index contributed by atoms with van der Waals surface area (Å²) in [7, 11) is 0. The van der Waals surface area contributed by atoms with Crippen LogP contribution < -0.4 is 16.2 Å². The van der Waals surface area contributed by atoms with Gasteiger partial charge in [-0.2, -0.15) is 5.10 Å². The molecule has 0 amide bonds. The standard InChI is InChI=1S/C18H20N6O2/c19-13-7-4-8-23(10-13)18-21-14-9-20-24(17(26)16(14)22-18)11-15(25)12-5-2-1-3-6-12/h1-3,5-6,9,13H,4,7-8,10-11,19H2,(H,21,22)/t13-/m1/s1. The number of carbonyl (C=O) groups is 1. The Kier molecular flexibility index (Phi) is 4.26. The largest absolute Gasteiger partial charge is 0.341 e. The van der Waals surface area contributed by atoms with Crippen molar-refractivity contribution in [3.63, 3.8) is 0 Å². The summed E-state index contributed by atoms with van der Waals surface area (Å²) in [6.45, 7) is 1.44. The van der Waals surface area contributed by atoms with Gasteiger partial charge in [0.05, 0.1) is 6.20 Å². The molecule has 1 aliphatic rings. The highest BCUT2D eigenvalue weighted by molar-refractivity contribution is 5.95. The molecule has 26 heavy (non-hydrogen) atoms. The van der Waals surface area contributed by atoms with Gasteiger partial charge in [0.25, 0.3) is 5.56 Å². The molecule has 3 N–H and O–H groups in total. The lowest BCUT2D eigenvalue weighted by Crippen LogP contribution is -2.43. The average Bonchev–Trinajstić information content (AvgIpc) is 3.10. The highest BCUT2D eigenvalue weighted by Crippen LogP contribution is 2.18. The Morgan fingerprint density at radius 2 is 2.12 bits per heavy atom. The number of ketones is 1. The second kappa shape index (κ2) is 6.72. The lowest BCUT2D eigenvalue weighted by Gasteiger charge is -2.30. The maximum Gasteiger partial charge on any atom is 0.293 e. The maximum atomic E-state index is 12.7. The van der Waals surface area contributed by atoms with Gasteiger partial charge in [-0.25, -0.2) is 9.67 Å². The van der Waals surface area contributed by atoms with E-state index in [2.05, 4.69) is 15.1 Å². The van der Waals surface area contributed by atoms with Crippen LogP contribution in [-0.2, 0) is 6.54 Å². The summed E-state index contributed by atoms with van der Waals surface area (Å²) in [6, 6.07) is 8.97. The Hall–Kier alpha value is -3.00. The van der Waals surface area contributed by atoms with Gasteiger partial charge < -0.3 is 15.6 Å². The zero-order valence-electron chi connectivity index (χ0n) is 14.3. The number of piperidine rings is 1. The van der Waals surface area contributed by atoms with E-state index in [1.165, 1.54) is 10.9 Å². The molecule has 0 unspecified atom stereocenters. The zero-order valence-corrected chi connectivity index (χ0v) is 14.3. The molecule has 4 rings (SSSR count). The minimum absolute atomic E-state index is 0.107. The average molecular weight is 352 g/mol. The van der Waals surface area contributed by atoms with Crippen LogP contribution in [0, 0.1) is 0 Å². The third kappa shape index (κ3) is 3.11. The predicted octanol–water partition coefficient (Wildman–Crippen LogP) is 0.930. The highest BCUT2D eigenvalue weighted by Gasteiger charge is 2.21. The fourth-order valence-corrected chi connectivity index (χ4v) is 3.25. The molecule has 0 spiro atoms. The second-order valence-electron chi connectivity index (χ2n) is 6.57. The number of nitrogens with two attached hydrogens (primary N) is 1. The molecule has 1 aliphatic heterocycles. The van der Waals surface area contributed by atoms with Crippen LogP contribution in [0.15, 0.2) is 41.3 Å². The van der Waals surface area contributed by atoms with Gasteiger partial charge in [-0.05, 0) is 12.8 Å². The Labute approximate surface area is 149 Å². The van der Waals surface area contributed by atoms with Crippen LogP contribution in [0.5, 0.6) is 0 Å². The number of anilines is 1. The topological polar surface area (TPSA) is 110 Å². The van der Waals surface area contributed by atoms with Crippen molar-refractivity contribution in [3.8, 4) is 0 Å². The maximum absolute atomic E-state index is 12.7. The third-order valence-electron chi connectivity index (χ3n) is 4.63. The van der Waals surface area contributed by atoms with Crippen LogP contribution in [0.1, 0.15) is 23.2 Å². The molecule has 0 bridgehead atoms. The van der Waals surface area contributed by atoms with Gasteiger partial charge in [0, 0.05) is 24.7 Å². The van der Waals surface area contributed by atoms with Gasteiger partial charge in [-0.15, -0.1) is 0 Å². The molecule has 134 valence electrons. The Morgan fingerprint density at radius 1 is 1.31 bits per heavy atom. The number of hydrogen-bond donors (Lipinski definition) is 2. The van der Waals surface area contributed by atoms with E-state index >= 15 is 0 Å². The number of Topliss-reactive ketones (excluding diaryl/α,β-unsaturated/α-hetero) is 1. The summed E-state index contributed by atoms with van der Waals surface area (Å²) in [5.74, 6) is 0.461. The smallest absolute Gasteiger partial charge is 0.293 e. The summed E-state index contributed by atoms with van der Waals surface area (Å²) in [5, 5.41) is 4.10. The van der Waals surface area contributed by atoms with Gasteiger partial charge >= 0.3 is 0 Å². The number of H-pyrrole nitrogens is 1. The number of hydrogen-bond acceptors (Lipinski definition) is 6. The molecule has 8 nitrogen and oxygen atoms in total. The van der Waals surface area contributed by atoms with Crippen LogP contribution in [0.25, 0.3) is 11.0 Å². The third-order valence-corrected chi connectivity index (χ3v) is 4.63. The van der Waals surface area contributed by atoms with Crippen molar-refractivity contribution in [2.24, 2.45) is 5.73 Å². The van der Waals surface area contributed by atoms with E-state index in [9.17, 15) is 9.59 Å². The van der Waals surface area contributed by atoms with Crippen molar-refractivity contribution < 1.29 is 4.79 Å². The summed E-state index contributed by atoms with van der Waals surface area (Å²) in [5.41, 5.74) is 7.07. The van der Waals surface area contributed by atoms with Crippen LogP contribution in [0.4, 0.5) is 5.95 Å². The minimum atomic E-state index is -0.355. The van der Waals surface area contributed by atoms with Crippen molar-refractivity contribution in [1.82, 2.24) is 19.7 Å². The molecule has 3 heterocycles. The van der Waals surface area contributed by atoms with Gasteiger partial charge in [-0.3, -0.25) is 9.59 Å². The van der Waals surface area contributed by atoms with Crippen molar-refractivity contribution in [2.75, 3.05) is 18.0 Å². The molecule has 1 saturated heterocycles. The lowest BCUT2D eigenvalue weighted by molar-refractivity contribution is 0.0966. The van der Waals surface area contributed by atoms with Crippen LogP contribution >= 0.6 is 0 Å². The Bertz CT molecular complexity index is 994. The van der Waals surface area contributed by atoms with Crippen molar-refractivity contribution in [1.29, 1.82) is 0 Å². The van der Waals surface area contributed by atoms with Crippen LogP contribution in [0.2, 0.25) is 0 Å². The SMILES string of the molecule is N[C@@H]1CCCN(c2nc3cnn(CC(=O)c4ccccc4)c(=O)c3[nH]2)C1. The molecule has 0 saturated carbocycles. The van der Waals surface area contributed by atoms with E-state index in [1.807, 2.05) is 11.0 Å². The first-order valence-electron chi connectivity index (χ1n) is 8.66. The van der Waals surface area contributed by atoms with E-state index in [4.69, 9.17) is 5.73 Å². The van der Waals surface area contributed by atoms with Gasteiger partial charge in [0.1, 0.15) is 17.6 Å². The number of nitrogens with one attached hydrogen (secondary N) is 1. The monoisotopic (exact) mass is 352 g/mol. The van der Waals surface area contributed by atoms with E-state index in [0.29, 0.717) is 29.1 Å². The van der Waals surface area contributed by atoms with Crippen molar-refractivity contribution >= 4 is 22.8 Å². The molecule has 0 aliphatic carbocycles. The Balaban J connectivity index is 1.62. The summed E-state index contributed by atoms with van der Waals surface area (Å²) < 4.78 is 1.17. The van der Waals surface area contributed by atoms with Gasteiger partial charge in [0.2, 0.25) is 5.95 Å². The van der Waals surface area contributed by atoms with Crippen LogP contribution in [0.3, 0.4) is 0 Å². The van der Waals surface area contributed by atoms with Crippen LogP contribution in [-0.4, -0.2) is 44.7 Å². The first-order valence-corrected chi connectivity index (χ1v) is 8.66. The van der Waals surface area contributed by atoms with E-state index in [1.54, 1.807) is 24.3 Å². The number of benzene rings is 1. The predicted molar refractivity (Wildman–Crippen MR) is 98.3 cm³/mol. The molecule has 0 radical (unpaired) electrons. The minimum Gasteiger partial charge on any atom is -0.341 e. The second-order valence-corrected chi connectivity index (χ2v) is 6.57. The van der Waals surface area contributed by atoms with Crippen molar-refractivity contribution in [3.05, 3.63) is 52.4 Å². The first-order chi connectivity index (χ1) is 12.6. The molecule has 1 aromatic carbocycles. The lowest BCUT2D eigenvalue weighted by atomic mass is 10.1. The van der Waals surface area contributed by atoms with E-state index in [0.717, 1.165) is 19.4 Å². The van der Waals surface area contributed by atoms with Gasteiger partial charge in [0.15, 0.2) is 5.78 Å². The molecular formula is C18H20N6O2. The number of imidazole rings is 1. The molecule has 8 heteroatoms. The van der Waals surface area contributed by atoms with Gasteiger partial charge in [-0.1, -0.05) is 30.3 Å². The van der Waals surface area contributed by atoms with Crippen molar-refractivity contribution in [2.45, 2.75) is 25.4 Å².